The zero-order valence-corrected chi connectivity index (χ0v) is 11.9. The average molecular weight is 224 g/mol. The van der Waals surface area contributed by atoms with Crippen molar-refractivity contribution >= 4 is 0 Å². The standard InChI is InChI=1S/C16H32/c1-5-7-9-11-13-15(3)16(4)14-12-10-8-6-2/h16H,3,5-14H2,1-2,4H3. The first-order valence-electron chi connectivity index (χ1n) is 7.40. The average Bonchev–Trinajstić information content (AvgIpc) is 2.29. The van der Waals surface area contributed by atoms with Crippen LogP contribution in [-0.4, -0.2) is 0 Å². The van der Waals surface area contributed by atoms with E-state index in [0.717, 1.165) is 5.92 Å². The molecule has 0 aromatic rings. The molecule has 0 nitrogen and oxygen atoms in total. The van der Waals surface area contributed by atoms with Gasteiger partial charge >= 0.3 is 0 Å². The molecular formula is C16H32. The predicted molar refractivity (Wildman–Crippen MR) is 75.8 cm³/mol. The summed E-state index contributed by atoms with van der Waals surface area (Å²) in [6.07, 6.45) is 13.6. The Balaban J connectivity index is 3.42. The minimum absolute atomic E-state index is 0.749. The molecule has 0 aliphatic rings. The first-order chi connectivity index (χ1) is 7.72. The third-order valence-corrected chi connectivity index (χ3v) is 3.54. The van der Waals surface area contributed by atoms with Crippen LogP contribution in [0.5, 0.6) is 0 Å². The van der Waals surface area contributed by atoms with Crippen LogP contribution in [0.3, 0.4) is 0 Å². The molecule has 0 heteroatoms. The van der Waals surface area contributed by atoms with Crippen LogP contribution in [0, 0.1) is 5.92 Å². The predicted octanol–water partition coefficient (Wildman–Crippen LogP) is 6.12. The Bertz CT molecular complexity index is 157. The number of allylic oxidation sites excluding steroid dienone is 1. The molecule has 0 saturated heterocycles. The molecule has 0 saturated carbocycles. The molecule has 96 valence electrons. The molecule has 0 amide bonds. The van der Waals surface area contributed by atoms with E-state index in [0.29, 0.717) is 0 Å². The van der Waals surface area contributed by atoms with Gasteiger partial charge in [0.2, 0.25) is 0 Å². The van der Waals surface area contributed by atoms with Crippen molar-refractivity contribution in [2.24, 2.45) is 5.92 Å². The van der Waals surface area contributed by atoms with Gasteiger partial charge in [-0.3, -0.25) is 0 Å². The second-order valence-corrected chi connectivity index (χ2v) is 5.22. The monoisotopic (exact) mass is 224 g/mol. The van der Waals surface area contributed by atoms with Gasteiger partial charge in [-0.2, -0.15) is 0 Å². The summed E-state index contributed by atoms with van der Waals surface area (Å²) < 4.78 is 0. The number of hydrogen-bond acceptors (Lipinski definition) is 0. The summed E-state index contributed by atoms with van der Waals surface area (Å²) in [4.78, 5) is 0. The van der Waals surface area contributed by atoms with Gasteiger partial charge in [0.15, 0.2) is 0 Å². The van der Waals surface area contributed by atoms with E-state index >= 15 is 0 Å². The van der Waals surface area contributed by atoms with E-state index in [4.69, 9.17) is 0 Å². The van der Waals surface area contributed by atoms with Crippen molar-refractivity contribution in [2.45, 2.75) is 85.0 Å². The van der Waals surface area contributed by atoms with Crippen molar-refractivity contribution in [3.05, 3.63) is 12.2 Å². The highest BCUT2D eigenvalue weighted by Crippen LogP contribution is 2.22. The van der Waals surface area contributed by atoms with Crippen molar-refractivity contribution in [1.29, 1.82) is 0 Å². The quantitative estimate of drug-likeness (QED) is 0.293. The molecule has 16 heavy (non-hydrogen) atoms. The molecule has 0 N–H and O–H groups in total. The Hall–Kier alpha value is -0.260. The maximum atomic E-state index is 4.25. The smallest absolute Gasteiger partial charge is 0.0234 e. The van der Waals surface area contributed by atoms with Crippen LogP contribution < -0.4 is 0 Å². The van der Waals surface area contributed by atoms with Crippen LogP contribution in [0.4, 0.5) is 0 Å². The molecule has 0 fully saturated rings. The minimum Gasteiger partial charge on any atom is -0.0996 e. The fourth-order valence-electron chi connectivity index (χ4n) is 2.11. The third kappa shape index (κ3) is 9.00. The Morgan fingerprint density at radius 1 is 0.875 bits per heavy atom. The van der Waals surface area contributed by atoms with Crippen molar-refractivity contribution < 1.29 is 0 Å². The topological polar surface area (TPSA) is 0 Å². The fraction of sp³-hybridized carbons (Fsp3) is 0.875. The highest BCUT2D eigenvalue weighted by Gasteiger charge is 2.05. The molecule has 1 unspecified atom stereocenters. The lowest BCUT2D eigenvalue weighted by atomic mass is 9.92. The molecule has 0 rings (SSSR count). The van der Waals surface area contributed by atoms with Crippen LogP contribution in [0.2, 0.25) is 0 Å². The third-order valence-electron chi connectivity index (χ3n) is 3.54. The molecule has 1 atom stereocenters. The van der Waals surface area contributed by atoms with E-state index in [1.807, 2.05) is 0 Å². The summed E-state index contributed by atoms with van der Waals surface area (Å²) in [5, 5.41) is 0. The zero-order valence-electron chi connectivity index (χ0n) is 11.9. The van der Waals surface area contributed by atoms with E-state index in [9.17, 15) is 0 Å². The molecular weight excluding hydrogens is 192 g/mol. The summed E-state index contributed by atoms with van der Waals surface area (Å²) in [5.41, 5.74) is 1.49. The highest BCUT2D eigenvalue weighted by atomic mass is 14.1. The summed E-state index contributed by atoms with van der Waals surface area (Å²) >= 11 is 0. The highest BCUT2D eigenvalue weighted by molar-refractivity contribution is 4.98. The Kier molecular flexibility index (Phi) is 11.0. The number of hydrogen-bond donors (Lipinski definition) is 0. The normalized spacial score (nSPS) is 12.7. The Morgan fingerprint density at radius 2 is 1.44 bits per heavy atom. The first-order valence-corrected chi connectivity index (χ1v) is 7.40. The lowest BCUT2D eigenvalue weighted by Gasteiger charge is -2.14. The molecule has 0 heterocycles. The van der Waals surface area contributed by atoms with Gasteiger partial charge in [0.25, 0.3) is 0 Å². The van der Waals surface area contributed by atoms with Crippen molar-refractivity contribution in [2.75, 3.05) is 0 Å². The Morgan fingerprint density at radius 3 is 2.00 bits per heavy atom. The summed E-state index contributed by atoms with van der Waals surface area (Å²) in [6, 6.07) is 0. The molecule has 0 bridgehead atoms. The SMILES string of the molecule is C=C(CCCCCC)C(C)CCCCCC. The van der Waals surface area contributed by atoms with Crippen LogP contribution >= 0.6 is 0 Å². The molecule has 0 spiro atoms. The van der Waals surface area contributed by atoms with Crippen LogP contribution in [0.15, 0.2) is 12.2 Å². The molecule has 0 aliphatic carbocycles. The van der Waals surface area contributed by atoms with E-state index in [1.54, 1.807) is 0 Å². The van der Waals surface area contributed by atoms with E-state index < -0.39 is 0 Å². The molecule has 0 aliphatic heterocycles. The van der Waals surface area contributed by atoms with Gasteiger partial charge in [-0.15, -0.1) is 0 Å². The van der Waals surface area contributed by atoms with Crippen molar-refractivity contribution in [3.8, 4) is 0 Å². The summed E-state index contributed by atoms with van der Waals surface area (Å²) in [5.74, 6) is 0.749. The van der Waals surface area contributed by atoms with E-state index in [2.05, 4.69) is 27.4 Å². The number of unbranched alkanes of at least 4 members (excludes halogenated alkanes) is 6. The fourth-order valence-corrected chi connectivity index (χ4v) is 2.11. The van der Waals surface area contributed by atoms with Crippen LogP contribution in [0.1, 0.15) is 85.0 Å². The van der Waals surface area contributed by atoms with Gasteiger partial charge in [0, 0.05) is 0 Å². The summed E-state index contributed by atoms with van der Waals surface area (Å²) in [7, 11) is 0. The van der Waals surface area contributed by atoms with Gasteiger partial charge in [-0.25, -0.2) is 0 Å². The van der Waals surface area contributed by atoms with Gasteiger partial charge in [-0.05, 0) is 25.2 Å². The summed E-state index contributed by atoms with van der Waals surface area (Å²) in [6.45, 7) is 11.1. The maximum Gasteiger partial charge on any atom is -0.0234 e. The molecule has 0 aromatic carbocycles. The maximum absolute atomic E-state index is 4.25. The van der Waals surface area contributed by atoms with Gasteiger partial charge < -0.3 is 0 Å². The Labute approximate surface area is 104 Å². The van der Waals surface area contributed by atoms with Gasteiger partial charge in [0.05, 0.1) is 0 Å². The molecule has 0 radical (unpaired) electrons. The first kappa shape index (κ1) is 15.7. The van der Waals surface area contributed by atoms with E-state index in [-0.39, 0.29) is 0 Å². The second-order valence-electron chi connectivity index (χ2n) is 5.22. The minimum atomic E-state index is 0.749. The lowest BCUT2D eigenvalue weighted by molar-refractivity contribution is 0.521. The van der Waals surface area contributed by atoms with Crippen LogP contribution in [0.25, 0.3) is 0 Å². The lowest BCUT2D eigenvalue weighted by Crippen LogP contribution is -1.99. The van der Waals surface area contributed by atoms with Gasteiger partial charge in [-0.1, -0.05) is 77.9 Å². The van der Waals surface area contributed by atoms with E-state index in [1.165, 1.54) is 69.8 Å². The van der Waals surface area contributed by atoms with Crippen molar-refractivity contribution in [3.63, 3.8) is 0 Å². The largest absolute Gasteiger partial charge is 0.0996 e. The molecule has 0 aromatic heterocycles. The van der Waals surface area contributed by atoms with Crippen LogP contribution in [-0.2, 0) is 0 Å². The van der Waals surface area contributed by atoms with Gasteiger partial charge in [0.1, 0.15) is 0 Å². The number of rotatable bonds is 11. The van der Waals surface area contributed by atoms with Crippen molar-refractivity contribution in [1.82, 2.24) is 0 Å². The zero-order chi connectivity index (χ0) is 12.2. The second kappa shape index (κ2) is 11.2.